The Labute approximate surface area is 159 Å². The molecule has 0 radical (unpaired) electrons. The minimum atomic E-state index is -0.408. The number of fused-ring (bicyclic) bond motifs is 1. The molecular weight excluding hydrogens is 370 g/mol. The van der Waals surface area contributed by atoms with Crippen molar-refractivity contribution < 1.29 is 14.3 Å². The maximum atomic E-state index is 12.9. The first-order chi connectivity index (χ1) is 12.4. The lowest BCUT2D eigenvalue weighted by molar-refractivity contribution is 0.0525. The van der Waals surface area contributed by atoms with E-state index in [0.29, 0.717) is 29.1 Å². The van der Waals surface area contributed by atoms with Gasteiger partial charge in [0.25, 0.3) is 0 Å². The summed E-state index contributed by atoms with van der Waals surface area (Å²) in [4.78, 5) is 37.6. The average Bonchev–Trinajstić information content (AvgIpc) is 3.19. The second-order valence-corrected chi connectivity index (χ2v) is 8.01. The summed E-state index contributed by atoms with van der Waals surface area (Å²) in [6, 6.07) is 1.96. The van der Waals surface area contributed by atoms with Gasteiger partial charge in [0, 0.05) is 11.1 Å². The molecule has 1 atom stereocenters. The number of rotatable bonds is 6. The Morgan fingerprint density at radius 2 is 2.12 bits per heavy atom. The fourth-order valence-corrected chi connectivity index (χ4v) is 4.55. The fraction of sp³-hybridized carbons (Fsp3) is 0.333. The Kier molecular flexibility index (Phi) is 5.43. The number of nitrogens with one attached hydrogen (secondary N) is 1. The van der Waals surface area contributed by atoms with Crippen molar-refractivity contribution in [3.05, 3.63) is 40.3 Å². The van der Waals surface area contributed by atoms with Crippen molar-refractivity contribution in [1.82, 2.24) is 15.0 Å². The molecule has 8 heteroatoms. The van der Waals surface area contributed by atoms with Crippen LogP contribution >= 0.6 is 23.1 Å². The summed E-state index contributed by atoms with van der Waals surface area (Å²) in [5.74, 6) is -0.484. The molecule has 0 bridgehead atoms. The molecule has 26 heavy (non-hydrogen) atoms. The van der Waals surface area contributed by atoms with E-state index in [1.807, 2.05) is 18.4 Å². The van der Waals surface area contributed by atoms with Crippen molar-refractivity contribution in [2.45, 2.75) is 38.0 Å². The summed E-state index contributed by atoms with van der Waals surface area (Å²) in [7, 11) is 0. The Bertz CT molecular complexity index is 977. The van der Waals surface area contributed by atoms with Gasteiger partial charge in [-0.3, -0.25) is 4.79 Å². The third-order valence-electron chi connectivity index (χ3n) is 4.05. The number of nitrogens with zero attached hydrogens (tertiary/aromatic N) is 2. The van der Waals surface area contributed by atoms with Gasteiger partial charge in [0.2, 0.25) is 0 Å². The molecule has 0 amide bonds. The maximum Gasteiger partial charge on any atom is 0.340 e. The molecule has 1 N–H and O–H groups in total. The van der Waals surface area contributed by atoms with Crippen LogP contribution in [0.25, 0.3) is 10.2 Å². The van der Waals surface area contributed by atoms with E-state index in [2.05, 4.69) is 15.0 Å². The zero-order valence-electron chi connectivity index (χ0n) is 15.0. The third-order valence-corrected chi connectivity index (χ3v) is 5.98. The first kappa shape index (κ1) is 18.6. The van der Waals surface area contributed by atoms with E-state index < -0.39 is 5.97 Å². The molecule has 3 rings (SSSR count). The molecule has 0 aromatic carbocycles. The van der Waals surface area contributed by atoms with Crippen LogP contribution in [0.3, 0.4) is 0 Å². The predicted octanol–water partition coefficient (Wildman–Crippen LogP) is 4.18. The van der Waals surface area contributed by atoms with E-state index >= 15 is 0 Å². The van der Waals surface area contributed by atoms with E-state index in [9.17, 15) is 9.59 Å². The van der Waals surface area contributed by atoms with Crippen molar-refractivity contribution in [3.63, 3.8) is 0 Å². The van der Waals surface area contributed by atoms with Gasteiger partial charge >= 0.3 is 5.97 Å². The Morgan fingerprint density at radius 1 is 1.35 bits per heavy atom. The van der Waals surface area contributed by atoms with Crippen LogP contribution in [0.4, 0.5) is 0 Å². The highest BCUT2D eigenvalue weighted by Crippen LogP contribution is 2.32. The first-order valence-electron chi connectivity index (χ1n) is 8.19. The highest BCUT2D eigenvalue weighted by Gasteiger charge is 2.26. The summed E-state index contributed by atoms with van der Waals surface area (Å²) in [6.45, 7) is 7.43. The van der Waals surface area contributed by atoms with Gasteiger partial charge in [0.1, 0.15) is 16.2 Å². The van der Waals surface area contributed by atoms with Crippen molar-refractivity contribution in [2.24, 2.45) is 0 Å². The lowest BCUT2D eigenvalue weighted by atomic mass is 10.1. The summed E-state index contributed by atoms with van der Waals surface area (Å²) in [5, 5.41) is 3.33. The van der Waals surface area contributed by atoms with Gasteiger partial charge in [0.05, 0.1) is 23.1 Å². The molecule has 0 spiro atoms. The van der Waals surface area contributed by atoms with Crippen LogP contribution in [0, 0.1) is 13.8 Å². The number of thiophene rings is 1. The van der Waals surface area contributed by atoms with E-state index in [0.717, 1.165) is 15.2 Å². The van der Waals surface area contributed by atoms with E-state index in [-0.39, 0.29) is 11.0 Å². The standard InChI is InChI=1S/C18H19N3O3S2/c1-5-24-18(23)13-9(2)14(21-10(13)3)15(22)11(4)26-17-12-6-7-25-16(12)19-8-20-17/h6-8,11,21H,5H2,1-4H3/t11-/m1/s1. The lowest BCUT2D eigenvalue weighted by Gasteiger charge is -2.10. The van der Waals surface area contributed by atoms with E-state index in [4.69, 9.17) is 4.74 Å². The number of ether oxygens (including phenoxy) is 1. The molecule has 136 valence electrons. The number of H-pyrrole nitrogens is 1. The van der Waals surface area contributed by atoms with Crippen LogP contribution in [0.5, 0.6) is 0 Å². The molecular formula is C18H19N3O3S2. The van der Waals surface area contributed by atoms with Gasteiger partial charge in [-0.15, -0.1) is 11.3 Å². The van der Waals surface area contributed by atoms with Gasteiger partial charge in [-0.05, 0) is 44.7 Å². The smallest absolute Gasteiger partial charge is 0.340 e. The van der Waals surface area contributed by atoms with Gasteiger partial charge in [-0.1, -0.05) is 11.8 Å². The second-order valence-electron chi connectivity index (χ2n) is 5.79. The first-order valence-corrected chi connectivity index (χ1v) is 9.95. The third kappa shape index (κ3) is 3.39. The van der Waals surface area contributed by atoms with Crippen molar-refractivity contribution in [1.29, 1.82) is 0 Å². The number of aromatic amines is 1. The highest BCUT2D eigenvalue weighted by molar-refractivity contribution is 8.00. The topological polar surface area (TPSA) is 84.9 Å². The van der Waals surface area contributed by atoms with Crippen LogP contribution in [0.2, 0.25) is 0 Å². The van der Waals surface area contributed by atoms with E-state index in [1.165, 1.54) is 18.1 Å². The van der Waals surface area contributed by atoms with Crippen LogP contribution in [0.1, 0.15) is 46.0 Å². The summed E-state index contributed by atoms with van der Waals surface area (Å²) < 4.78 is 5.09. The summed E-state index contributed by atoms with van der Waals surface area (Å²) in [6.07, 6.45) is 1.52. The number of aromatic nitrogens is 3. The van der Waals surface area contributed by atoms with Gasteiger partial charge in [-0.25, -0.2) is 14.8 Å². The zero-order chi connectivity index (χ0) is 18.8. The number of ketones is 1. The van der Waals surface area contributed by atoms with Crippen molar-refractivity contribution in [3.8, 4) is 0 Å². The van der Waals surface area contributed by atoms with Gasteiger partial charge in [-0.2, -0.15) is 0 Å². The number of aryl methyl sites for hydroxylation is 1. The average molecular weight is 390 g/mol. The molecule has 0 fully saturated rings. The number of esters is 1. The second kappa shape index (κ2) is 7.59. The zero-order valence-corrected chi connectivity index (χ0v) is 16.6. The largest absolute Gasteiger partial charge is 0.462 e. The summed E-state index contributed by atoms with van der Waals surface area (Å²) >= 11 is 2.93. The van der Waals surface area contributed by atoms with Gasteiger partial charge < -0.3 is 9.72 Å². The Morgan fingerprint density at radius 3 is 2.85 bits per heavy atom. The molecule has 3 aromatic heterocycles. The molecule has 3 aromatic rings. The quantitative estimate of drug-likeness (QED) is 0.295. The molecule has 0 aliphatic heterocycles. The Hall–Kier alpha value is -2.19. The monoisotopic (exact) mass is 389 g/mol. The molecule has 0 aliphatic rings. The van der Waals surface area contributed by atoms with Crippen LogP contribution in [0.15, 0.2) is 22.8 Å². The number of Topliss-reactive ketones (excluding diaryl/α,β-unsaturated/α-hetero) is 1. The molecule has 0 aliphatic carbocycles. The van der Waals surface area contributed by atoms with Crippen LogP contribution < -0.4 is 0 Å². The Balaban J connectivity index is 1.86. The fourth-order valence-electron chi connectivity index (χ4n) is 2.79. The number of thioether (sulfide) groups is 1. The van der Waals surface area contributed by atoms with Crippen LogP contribution in [-0.2, 0) is 4.74 Å². The maximum absolute atomic E-state index is 12.9. The van der Waals surface area contributed by atoms with Gasteiger partial charge in [0.15, 0.2) is 5.78 Å². The lowest BCUT2D eigenvalue weighted by Crippen LogP contribution is -2.16. The number of carbonyl (C=O) groups is 2. The molecule has 3 heterocycles. The number of hydrogen-bond acceptors (Lipinski definition) is 7. The normalized spacial score (nSPS) is 12.3. The number of hydrogen-bond donors (Lipinski definition) is 1. The predicted molar refractivity (Wildman–Crippen MR) is 103 cm³/mol. The molecule has 6 nitrogen and oxygen atoms in total. The molecule has 0 saturated heterocycles. The molecule has 0 saturated carbocycles. The van der Waals surface area contributed by atoms with Crippen LogP contribution in [-0.4, -0.2) is 38.6 Å². The van der Waals surface area contributed by atoms with Crippen molar-refractivity contribution >= 4 is 45.1 Å². The highest BCUT2D eigenvalue weighted by atomic mass is 32.2. The summed E-state index contributed by atoms with van der Waals surface area (Å²) in [5.41, 5.74) is 2.15. The molecule has 0 unspecified atom stereocenters. The van der Waals surface area contributed by atoms with Crippen molar-refractivity contribution in [2.75, 3.05) is 6.61 Å². The minimum Gasteiger partial charge on any atom is -0.462 e. The number of carbonyl (C=O) groups excluding carboxylic acids is 2. The minimum absolute atomic E-state index is 0.0758. The van der Waals surface area contributed by atoms with E-state index in [1.54, 1.807) is 32.1 Å². The SMILES string of the molecule is CCOC(=O)c1c(C)[nH]c(C(=O)[C@@H](C)Sc2ncnc3sccc23)c1C.